The van der Waals surface area contributed by atoms with Crippen LogP contribution in [-0.4, -0.2) is 11.5 Å². The lowest BCUT2D eigenvalue weighted by Gasteiger charge is -2.05. The fourth-order valence-electron chi connectivity index (χ4n) is 1.83. The van der Waals surface area contributed by atoms with E-state index in [1.807, 2.05) is 11.3 Å². The van der Waals surface area contributed by atoms with Crippen LogP contribution in [0.25, 0.3) is 9.88 Å². The number of aromatic nitrogens is 1. The van der Waals surface area contributed by atoms with E-state index in [-0.39, 0.29) is 0 Å². The van der Waals surface area contributed by atoms with Crippen LogP contribution in [0.1, 0.15) is 43.7 Å². The number of hydrogen-bond donors (Lipinski definition) is 1. The molecule has 2 heterocycles. The molecule has 2 aromatic heterocycles. The Hall–Kier alpha value is -0.710. The van der Waals surface area contributed by atoms with Crippen LogP contribution in [0.3, 0.4) is 0 Å². The fraction of sp³-hybridized carbons (Fsp3) is 0.500. The van der Waals surface area contributed by atoms with Crippen molar-refractivity contribution in [2.45, 2.75) is 39.7 Å². The Balaban J connectivity index is 2.21. The average Bonchev–Trinajstić information content (AvgIpc) is 2.97. The highest BCUT2D eigenvalue weighted by Gasteiger charge is 2.15. The van der Waals surface area contributed by atoms with Crippen LogP contribution < -0.4 is 5.32 Å². The fourth-order valence-corrected chi connectivity index (χ4v) is 3.81. The molecule has 2 nitrogen and oxygen atoms in total. The summed E-state index contributed by atoms with van der Waals surface area (Å²) in [5.41, 5.74) is 1.26. The predicted octanol–water partition coefficient (Wildman–Crippen LogP) is 4.49. The van der Waals surface area contributed by atoms with Gasteiger partial charge in [-0.05, 0) is 30.3 Å². The number of nitrogens with one attached hydrogen (secondary N) is 1. The molecule has 1 N–H and O–H groups in total. The zero-order chi connectivity index (χ0) is 13.0. The molecule has 0 aliphatic heterocycles. The summed E-state index contributed by atoms with van der Waals surface area (Å²) in [6.45, 7) is 8.65. The van der Waals surface area contributed by atoms with Crippen LogP contribution in [0, 0.1) is 0 Å². The van der Waals surface area contributed by atoms with Gasteiger partial charge in [0.25, 0.3) is 0 Å². The van der Waals surface area contributed by atoms with Crippen molar-refractivity contribution in [3.05, 3.63) is 28.1 Å². The summed E-state index contributed by atoms with van der Waals surface area (Å²) < 4.78 is 0. The van der Waals surface area contributed by atoms with Gasteiger partial charge in [0.05, 0.1) is 10.6 Å². The minimum Gasteiger partial charge on any atom is -0.312 e. The number of rotatable bonds is 6. The van der Waals surface area contributed by atoms with Gasteiger partial charge >= 0.3 is 0 Å². The molecule has 4 heteroatoms. The lowest BCUT2D eigenvalue weighted by atomic mass is 10.1. The van der Waals surface area contributed by atoms with Crippen molar-refractivity contribution in [3.63, 3.8) is 0 Å². The second-order valence-electron chi connectivity index (χ2n) is 4.64. The third-order valence-electron chi connectivity index (χ3n) is 2.72. The number of hydrogen-bond acceptors (Lipinski definition) is 4. The lowest BCUT2D eigenvalue weighted by Crippen LogP contribution is -2.14. The Morgan fingerprint density at radius 1 is 1.39 bits per heavy atom. The standard InChI is InChI=1S/C14H20N2S2/c1-4-7-15-9-12-13(10(2)3)16-14(18-12)11-6-5-8-17-11/h5-6,8,10,15H,4,7,9H2,1-3H3. The van der Waals surface area contributed by atoms with E-state index in [2.05, 4.69) is 43.6 Å². The molecule has 98 valence electrons. The van der Waals surface area contributed by atoms with Crippen LogP contribution in [-0.2, 0) is 6.54 Å². The van der Waals surface area contributed by atoms with Crippen LogP contribution >= 0.6 is 22.7 Å². The summed E-state index contributed by atoms with van der Waals surface area (Å²) in [5.74, 6) is 0.494. The highest BCUT2D eigenvalue weighted by molar-refractivity contribution is 7.21. The van der Waals surface area contributed by atoms with Crippen molar-refractivity contribution in [2.75, 3.05) is 6.54 Å². The second-order valence-corrected chi connectivity index (χ2v) is 6.67. The first-order valence-electron chi connectivity index (χ1n) is 6.46. The van der Waals surface area contributed by atoms with E-state index in [1.54, 1.807) is 11.3 Å². The Kier molecular flexibility index (Phi) is 4.92. The van der Waals surface area contributed by atoms with Crippen molar-refractivity contribution < 1.29 is 0 Å². The van der Waals surface area contributed by atoms with Crippen molar-refractivity contribution in [3.8, 4) is 9.88 Å². The van der Waals surface area contributed by atoms with Gasteiger partial charge in [0.2, 0.25) is 0 Å². The zero-order valence-corrected chi connectivity index (χ0v) is 12.8. The summed E-state index contributed by atoms with van der Waals surface area (Å²) in [6, 6.07) is 4.24. The van der Waals surface area contributed by atoms with Crippen LogP contribution in [0.15, 0.2) is 17.5 Å². The van der Waals surface area contributed by atoms with E-state index in [1.165, 1.54) is 26.9 Å². The van der Waals surface area contributed by atoms with E-state index in [0.29, 0.717) is 5.92 Å². The van der Waals surface area contributed by atoms with Gasteiger partial charge in [0.1, 0.15) is 5.01 Å². The van der Waals surface area contributed by atoms with Crippen LogP contribution in [0.4, 0.5) is 0 Å². The molecular weight excluding hydrogens is 260 g/mol. The third-order valence-corrected chi connectivity index (χ3v) is 4.83. The summed E-state index contributed by atoms with van der Waals surface area (Å²) in [7, 11) is 0. The van der Waals surface area contributed by atoms with Crippen molar-refractivity contribution in [1.82, 2.24) is 10.3 Å². The maximum atomic E-state index is 4.82. The normalized spacial score (nSPS) is 11.3. The molecule has 0 amide bonds. The topological polar surface area (TPSA) is 24.9 Å². The van der Waals surface area contributed by atoms with Gasteiger partial charge in [-0.2, -0.15) is 0 Å². The molecule has 0 bridgehead atoms. The van der Waals surface area contributed by atoms with Gasteiger partial charge in [-0.3, -0.25) is 0 Å². The summed E-state index contributed by atoms with van der Waals surface area (Å²) >= 11 is 3.60. The SMILES string of the molecule is CCCNCc1sc(-c2cccs2)nc1C(C)C. The Morgan fingerprint density at radius 2 is 2.22 bits per heavy atom. The Labute approximate surface area is 117 Å². The molecule has 0 unspecified atom stereocenters. The first-order valence-corrected chi connectivity index (χ1v) is 8.16. The number of nitrogens with zero attached hydrogens (tertiary/aromatic N) is 1. The Bertz CT molecular complexity index is 472. The predicted molar refractivity (Wildman–Crippen MR) is 81.5 cm³/mol. The Morgan fingerprint density at radius 3 is 2.83 bits per heavy atom. The quantitative estimate of drug-likeness (QED) is 0.788. The molecule has 0 aliphatic carbocycles. The van der Waals surface area contributed by atoms with Gasteiger partial charge in [0.15, 0.2) is 0 Å². The molecule has 0 saturated carbocycles. The van der Waals surface area contributed by atoms with Gasteiger partial charge in [-0.15, -0.1) is 22.7 Å². The molecule has 0 radical (unpaired) electrons. The molecule has 18 heavy (non-hydrogen) atoms. The molecule has 0 fully saturated rings. The van der Waals surface area contributed by atoms with E-state index >= 15 is 0 Å². The van der Waals surface area contributed by atoms with E-state index in [0.717, 1.165) is 13.1 Å². The highest BCUT2D eigenvalue weighted by atomic mass is 32.1. The maximum Gasteiger partial charge on any atom is 0.133 e. The zero-order valence-electron chi connectivity index (χ0n) is 11.2. The van der Waals surface area contributed by atoms with Gasteiger partial charge in [-0.1, -0.05) is 26.8 Å². The first kappa shape index (κ1) is 13.7. The molecule has 0 aromatic carbocycles. The van der Waals surface area contributed by atoms with E-state index in [9.17, 15) is 0 Å². The van der Waals surface area contributed by atoms with Crippen molar-refractivity contribution in [1.29, 1.82) is 0 Å². The smallest absolute Gasteiger partial charge is 0.133 e. The second kappa shape index (κ2) is 6.45. The van der Waals surface area contributed by atoms with Crippen LogP contribution in [0.2, 0.25) is 0 Å². The van der Waals surface area contributed by atoms with E-state index in [4.69, 9.17) is 4.98 Å². The molecule has 2 rings (SSSR count). The lowest BCUT2D eigenvalue weighted by molar-refractivity contribution is 0.670. The van der Waals surface area contributed by atoms with Crippen molar-refractivity contribution in [2.24, 2.45) is 0 Å². The number of thiophene rings is 1. The summed E-state index contributed by atoms with van der Waals surface area (Å²) in [5, 5.41) is 6.76. The highest BCUT2D eigenvalue weighted by Crippen LogP contribution is 2.33. The van der Waals surface area contributed by atoms with Crippen LogP contribution in [0.5, 0.6) is 0 Å². The summed E-state index contributed by atoms with van der Waals surface area (Å²) in [4.78, 5) is 7.49. The molecule has 0 spiro atoms. The van der Waals surface area contributed by atoms with Gasteiger partial charge in [-0.25, -0.2) is 4.98 Å². The number of thiazole rings is 1. The molecular formula is C14H20N2S2. The van der Waals surface area contributed by atoms with E-state index < -0.39 is 0 Å². The van der Waals surface area contributed by atoms with Crippen molar-refractivity contribution >= 4 is 22.7 Å². The molecule has 0 saturated heterocycles. The third kappa shape index (κ3) is 3.19. The molecule has 0 atom stereocenters. The van der Waals surface area contributed by atoms with Gasteiger partial charge < -0.3 is 5.32 Å². The largest absolute Gasteiger partial charge is 0.312 e. The molecule has 2 aromatic rings. The average molecular weight is 280 g/mol. The minimum atomic E-state index is 0.494. The minimum absolute atomic E-state index is 0.494. The molecule has 0 aliphatic rings. The summed E-state index contributed by atoms with van der Waals surface area (Å²) in [6.07, 6.45) is 1.17. The van der Waals surface area contributed by atoms with Gasteiger partial charge in [0, 0.05) is 11.4 Å². The first-order chi connectivity index (χ1) is 8.72. The maximum absolute atomic E-state index is 4.82. The monoisotopic (exact) mass is 280 g/mol.